The van der Waals surface area contributed by atoms with Crippen molar-refractivity contribution in [2.75, 3.05) is 26.2 Å². The third-order valence-electron chi connectivity index (χ3n) is 5.02. The van der Waals surface area contributed by atoms with Crippen molar-refractivity contribution in [3.8, 4) is 0 Å². The Balaban J connectivity index is 0. The van der Waals surface area contributed by atoms with Crippen molar-refractivity contribution in [2.45, 2.75) is 113 Å². The molecule has 0 aliphatic heterocycles. The summed E-state index contributed by atoms with van der Waals surface area (Å²) in [4.78, 5) is 9.93. The van der Waals surface area contributed by atoms with E-state index in [0.717, 1.165) is 0 Å². The molecule has 0 amide bonds. The lowest BCUT2D eigenvalue weighted by Gasteiger charge is -2.39. The van der Waals surface area contributed by atoms with E-state index in [2.05, 4.69) is 27.7 Å². The van der Waals surface area contributed by atoms with Crippen LogP contribution in [0.3, 0.4) is 0 Å². The van der Waals surface area contributed by atoms with E-state index >= 15 is 0 Å². The molecule has 0 saturated heterocycles. The van der Waals surface area contributed by atoms with Crippen LogP contribution in [0.4, 0.5) is 0 Å². The molecule has 26 heavy (non-hydrogen) atoms. The monoisotopic (exact) mass is 371 g/mol. The smallest absolute Gasteiger partial charge is 0.0786 e. The standard InChI is InChI=1S/C16H36N.C7H14O2/c1-5-9-13-17(14-10-6-2,15-11-7-3)16-12-8-4;1-7(2,3)5-4-6(8)9/h5-16H2,1-4H3;4-5H2,1-3H3,(H,8,9)/q+1;/p-1. The normalized spacial score (nSPS) is 11.8. The van der Waals surface area contributed by atoms with Crippen LogP contribution < -0.4 is 5.11 Å². The van der Waals surface area contributed by atoms with Crippen molar-refractivity contribution >= 4 is 5.97 Å². The van der Waals surface area contributed by atoms with E-state index in [-0.39, 0.29) is 11.8 Å². The number of carbonyl (C=O) groups is 1. The molecular formula is C23H49NO2. The molecule has 0 aliphatic rings. The molecule has 0 saturated carbocycles. The van der Waals surface area contributed by atoms with E-state index in [4.69, 9.17) is 0 Å². The van der Waals surface area contributed by atoms with Crippen LogP contribution in [-0.2, 0) is 4.79 Å². The molecule has 0 bridgehead atoms. The maximum absolute atomic E-state index is 9.93. The third-order valence-corrected chi connectivity index (χ3v) is 5.02. The molecule has 0 fully saturated rings. The topological polar surface area (TPSA) is 40.1 Å². The summed E-state index contributed by atoms with van der Waals surface area (Å²) in [5, 5.41) is 9.93. The Morgan fingerprint density at radius 3 is 1.19 bits per heavy atom. The first-order chi connectivity index (χ1) is 12.2. The number of carbonyl (C=O) groups excluding carboxylic acids is 1. The van der Waals surface area contributed by atoms with Gasteiger partial charge in [-0.25, -0.2) is 0 Å². The highest BCUT2D eigenvalue weighted by Crippen LogP contribution is 2.19. The first-order valence-electron chi connectivity index (χ1n) is 11.2. The molecule has 3 heteroatoms. The summed E-state index contributed by atoms with van der Waals surface area (Å²) in [6.07, 6.45) is 11.9. The summed E-state index contributed by atoms with van der Waals surface area (Å²) in [5.74, 6) is -0.954. The van der Waals surface area contributed by atoms with Crippen LogP contribution in [0.25, 0.3) is 0 Å². The highest BCUT2D eigenvalue weighted by atomic mass is 16.4. The molecule has 0 aromatic heterocycles. The molecule has 0 aliphatic carbocycles. The second kappa shape index (κ2) is 16.6. The second-order valence-electron chi connectivity index (χ2n) is 9.08. The Morgan fingerprint density at radius 2 is 1.04 bits per heavy atom. The molecule has 0 atom stereocenters. The van der Waals surface area contributed by atoms with Crippen molar-refractivity contribution in [3.63, 3.8) is 0 Å². The molecule has 0 heterocycles. The van der Waals surface area contributed by atoms with Gasteiger partial charge in [0.1, 0.15) is 0 Å². The lowest BCUT2D eigenvalue weighted by atomic mass is 9.91. The number of aliphatic carboxylic acids is 1. The van der Waals surface area contributed by atoms with Gasteiger partial charge in [-0.3, -0.25) is 0 Å². The zero-order valence-corrected chi connectivity index (χ0v) is 19.2. The van der Waals surface area contributed by atoms with Crippen molar-refractivity contribution in [3.05, 3.63) is 0 Å². The molecule has 3 nitrogen and oxygen atoms in total. The van der Waals surface area contributed by atoms with Crippen LogP contribution in [-0.4, -0.2) is 36.6 Å². The zero-order valence-electron chi connectivity index (χ0n) is 19.2. The first kappa shape index (κ1) is 27.6. The number of nitrogens with zero attached hydrogens (tertiary/aromatic N) is 1. The maximum Gasteiger partial charge on any atom is 0.0786 e. The van der Waals surface area contributed by atoms with E-state index in [0.29, 0.717) is 6.42 Å². The van der Waals surface area contributed by atoms with Gasteiger partial charge in [0.15, 0.2) is 0 Å². The fourth-order valence-corrected chi connectivity index (χ4v) is 3.12. The Bertz CT molecular complexity index is 283. The summed E-state index contributed by atoms with van der Waals surface area (Å²) < 4.78 is 1.42. The lowest BCUT2D eigenvalue weighted by Crippen LogP contribution is -2.50. The molecular weight excluding hydrogens is 322 g/mol. The number of carboxylic acids is 1. The highest BCUT2D eigenvalue weighted by Gasteiger charge is 2.24. The van der Waals surface area contributed by atoms with Crippen LogP contribution in [0.1, 0.15) is 113 Å². The fraction of sp³-hybridized carbons (Fsp3) is 0.957. The van der Waals surface area contributed by atoms with Gasteiger partial charge in [0, 0.05) is 5.97 Å². The van der Waals surface area contributed by atoms with Crippen molar-refractivity contribution < 1.29 is 14.4 Å². The van der Waals surface area contributed by atoms with Gasteiger partial charge in [-0.2, -0.15) is 0 Å². The minimum Gasteiger partial charge on any atom is -0.550 e. The Hall–Kier alpha value is -0.570. The van der Waals surface area contributed by atoms with Gasteiger partial charge in [0.05, 0.1) is 26.2 Å². The number of quaternary nitrogens is 1. The van der Waals surface area contributed by atoms with Crippen LogP contribution in [0.15, 0.2) is 0 Å². The Morgan fingerprint density at radius 1 is 0.731 bits per heavy atom. The van der Waals surface area contributed by atoms with Gasteiger partial charge in [-0.1, -0.05) is 74.1 Å². The van der Waals surface area contributed by atoms with Crippen LogP contribution in [0, 0.1) is 5.41 Å². The predicted octanol–water partition coefficient (Wildman–Crippen LogP) is 5.57. The molecule has 0 aromatic rings. The molecule has 0 rings (SSSR count). The van der Waals surface area contributed by atoms with Gasteiger partial charge in [-0.05, 0) is 43.9 Å². The largest absolute Gasteiger partial charge is 0.550 e. The Labute approximate surface area is 165 Å². The summed E-state index contributed by atoms with van der Waals surface area (Å²) >= 11 is 0. The molecule has 0 radical (unpaired) electrons. The number of rotatable bonds is 14. The average Bonchev–Trinajstić information content (AvgIpc) is 2.59. The zero-order chi connectivity index (χ0) is 20.5. The van der Waals surface area contributed by atoms with Gasteiger partial charge < -0.3 is 14.4 Å². The minimum absolute atomic E-state index is 0.111. The van der Waals surface area contributed by atoms with Crippen molar-refractivity contribution in [1.29, 1.82) is 0 Å². The van der Waals surface area contributed by atoms with Gasteiger partial charge in [-0.15, -0.1) is 0 Å². The lowest BCUT2D eigenvalue weighted by molar-refractivity contribution is -0.929. The van der Waals surface area contributed by atoms with Crippen molar-refractivity contribution in [2.24, 2.45) is 5.41 Å². The minimum atomic E-state index is -0.954. The molecule has 158 valence electrons. The number of carboxylic acid groups (broad SMARTS) is 1. The van der Waals surface area contributed by atoms with Crippen LogP contribution >= 0.6 is 0 Å². The van der Waals surface area contributed by atoms with E-state index < -0.39 is 5.97 Å². The molecule has 0 N–H and O–H groups in total. The van der Waals surface area contributed by atoms with Gasteiger partial charge in [0.2, 0.25) is 0 Å². The number of hydrogen-bond donors (Lipinski definition) is 0. The fourth-order valence-electron chi connectivity index (χ4n) is 3.12. The third kappa shape index (κ3) is 18.2. The van der Waals surface area contributed by atoms with Crippen molar-refractivity contribution in [1.82, 2.24) is 0 Å². The second-order valence-corrected chi connectivity index (χ2v) is 9.08. The van der Waals surface area contributed by atoms with E-state index in [1.54, 1.807) is 0 Å². The predicted molar refractivity (Wildman–Crippen MR) is 113 cm³/mol. The maximum atomic E-state index is 9.93. The number of hydrogen-bond acceptors (Lipinski definition) is 2. The van der Waals surface area contributed by atoms with Gasteiger partial charge >= 0.3 is 0 Å². The van der Waals surface area contributed by atoms with E-state index in [1.807, 2.05) is 20.8 Å². The highest BCUT2D eigenvalue weighted by molar-refractivity contribution is 5.64. The number of unbranched alkanes of at least 4 members (excludes halogenated alkanes) is 4. The molecule has 0 aromatic carbocycles. The van der Waals surface area contributed by atoms with Gasteiger partial charge in [0.25, 0.3) is 0 Å². The quantitative estimate of drug-likeness (QED) is 0.375. The molecule has 0 spiro atoms. The summed E-state index contributed by atoms with van der Waals surface area (Å²) in [6.45, 7) is 21.0. The van der Waals surface area contributed by atoms with E-state index in [9.17, 15) is 9.90 Å². The average molecular weight is 372 g/mol. The summed E-state index contributed by atoms with van der Waals surface area (Å²) in [6, 6.07) is 0. The van der Waals surface area contributed by atoms with E-state index in [1.165, 1.54) is 82.0 Å². The van der Waals surface area contributed by atoms with Crippen LogP contribution in [0.5, 0.6) is 0 Å². The summed E-state index contributed by atoms with van der Waals surface area (Å²) in [7, 11) is 0. The summed E-state index contributed by atoms with van der Waals surface area (Å²) in [5.41, 5.74) is 0.111. The molecule has 0 unspecified atom stereocenters. The first-order valence-corrected chi connectivity index (χ1v) is 11.2. The SMILES string of the molecule is CC(C)(C)CCC(=O)[O-].CCCC[N+](CCCC)(CCCC)CCCC. The Kier molecular flexibility index (Phi) is 17.6. The van der Waals surface area contributed by atoms with Crippen LogP contribution in [0.2, 0.25) is 0 Å².